The van der Waals surface area contributed by atoms with Gasteiger partial charge in [-0.1, -0.05) is 0 Å². The highest BCUT2D eigenvalue weighted by Crippen LogP contribution is 2.21. The smallest absolute Gasteiger partial charge is 0.243 e. The standard InChI is InChI=1S/C17H24N4O3S/c1-14-15(12-18-19(14)2)13-20-8-10-21(11-9-20)25(22,23)17-6-4-16(24-3)5-7-17/h4-7,12H,8-11,13H2,1-3H3. The van der Waals surface area contributed by atoms with Gasteiger partial charge in [-0.2, -0.15) is 9.40 Å². The van der Waals surface area contributed by atoms with Crippen molar-refractivity contribution < 1.29 is 13.2 Å². The Morgan fingerprint density at radius 2 is 1.76 bits per heavy atom. The minimum absolute atomic E-state index is 0.310. The van der Waals surface area contributed by atoms with E-state index in [0.717, 1.165) is 12.2 Å². The van der Waals surface area contributed by atoms with Gasteiger partial charge in [-0.3, -0.25) is 9.58 Å². The number of benzene rings is 1. The monoisotopic (exact) mass is 364 g/mol. The molecule has 7 nitrogen and oxygen atoms in total. The average Bonchev–Trinajstić information content (AvgIpc) is 2.94. The van der Waals surface area contributed by atoms with Gasteiger partial charge in [0.1, 0.15) is 5.75 Å². The third kappa shape index (κ3) is 3.70. The van der Waals surface area contributed by atoms with Gasteiger partial charge >= 0.3 is 0 Å². The fourth-order valence-corrected chi connectivity index (χ4v) is 4.39. The summed E-state index contributed by atoms with van der Waals surface area (Å²) in [5.74, 6) is 0.649. The molecule has 0 unspecified atom stereocenters. The fourth-order valence-electron chi connectivity index (χ4n) is 2.97. The van der Waals surface area contributed by atoms with E-state index in [9.17, 15) is 8.42 Å². The fraction of sp³-hybridized carbons (Fsp3) is 0.471. The Labute approximate surface area is 148 Å². The number of hydrogen-bond acceptors (Lipinski definition) is 5. The highest BCUT2D eigenvalue weighted by Gasteiger charge is 2.28. The molecule has 0 N–H and O–H groups in total. The van der Waals surface area contributed by atoms with Crippen LogP contribution in [-0.4, -0.2) is 60.7 Å². The van der Waals surface area contributed by atoms with Crippen molar-refractivity contribution in [3.05, 3.63) is 41.7 Å². The van der Waals surface area contributed by atoms with E-state index in [1.807, 2.05) is 24.9 Å². The first-order valence-corrected chi connectivity index (χ1v) is 9.70. The molecule has 2 heterocycles. The molecule has 0 bridgehead atoms. The predicted octanol–water partition coefficient (Wildman–Crippen LogP) is 1.24. The van der Waals surface area contributed by atoms with Crippen LogP contribution in [0.1, 0.15) is 11.3 Å². The molecule has 1 fully saturated rings. The van der Waals surface area contributed by atoms with Crippen molar-refractivity contribution in [3.63, 3.8) is 0 Å². The zero-order valence-corrected chi connectivity index (χ0v) is 15.7. The van der Waals surface area contributed by atoms with E-state index in [0.29, 0.717) is 36.8 Å². The average molecular weight is 364 g/mol. The third-order valence-electron chi connectivity index (χ3n) is 4.76. The number of methoxy groups -OCH3 is 1. The molecule has 0 radical (unpaired) electrons. The van der Waals surface area contributed by atoms with E-state index < -0.39 is 10.0 Å². The van der Waals surface area contributed by atoms with Crippen molar-refractivity contribution in [1.82, 2.24) is 19.0 Å². The van der Waals surface area contributed by atoms with Crippen LogP contribution in [0.4, 0.5) is 0 Å². The summed E-state index contributed by atoms with van der Waals surface area (Å²) in [6.07, 6.45) is 1.88. The second-order valence-corrected chi connectivity index (χ2v) is 8.17. The maximum atomic E-state index is 12.8. The Balaban J connectivity index is 1.63. The number of piperazine rings is 1. The highest BCUT2D eigenvalue weighted by molar-refractivity contribution is 7.89. The lowest BCUT2D eigenvalue weighted by atomic mass is 10.2. The summed E-state index contributed by atoms with van der Waals surface area (Å²) >= 11 is 0. The van der Waals surface area contributed by atoms with Crippen LogP contribution in [0.2, 0.25) is 0 Å². The summed E-state index contributed by atoms with van der Waals surface area (Å²) in [7, 11) is 0.0383. The Morgan fingerprint density at radius 1 is 1.12 bits per heavy atom. The Morgan fingerprint density at radius 3 is 2.28 bits per heavy atom. The molecule has 1 aromatic heterocycles. The van der Waals surface area contributed by atoms with Crippen LogP contribution >= 0.6 is 0 Å². The Kier molecular flexibility index (Phi) is 5.12. The molecule has 0 amide bonds. The summed E-state index contributed by atoms with van der Waals surface area (Å²) in [6.45, 7) is 5.26. The SMILES string of the molecule is COc1ccc(S(=O)(=O)N2CCN(Cc3cnn(C)c3C)CC2)cc1. The minimum Gasteiger partial charge on any atom is -0.497 e. The van der Waals surface area contributed by atoms with Crippen LogP contribution in [-0.2, 0) is 23.6 Å². The van der Waals surface area contributed by atoms with Crippen molar-refractivity contribution >= 4 is 10.0 Å². The van der Waals surface area contributed by atoms with Gasteiger partial charge < -0.3 is 4.74 Å². The molecule has 0 atom stereocenters. The maximum absolute atomic E-state index is 12.8. The zero-order chi connectivity index (χ0) is 18.0. The Hall–Kier alpha value is -1.90. The van der Waals surface area contributed by atoms with Gasteiger partial charge in [-0.05, 0) is 31.2 Å². The number of ether oxygens (including phenoxy) is 1. The molecular formula is C17H24N4O3S. The van der Waals surface area contributed by atoms with E-state index in [2.05, 4.69) is 10.00 Å². The number of aryl methyl sites for hydroxylation is 1. The molecule has 1 aliphatic rings. The van der Waals surface area contributed by atoms with E-state index in [1.165, 1.54) is 5.56 Å². The lowest BCUT2D eigenvalue weighted by molar-refractivity contribution is 0.181. The van der Waals surface area contributed by atoms with Gasteiger partial charge in [-0.15, -0.1) is 0 Å². The molecule has 25 heavy (non-hydrogen) atoms. The van der Waals surface area contributed by atoms with Gasteiger partial charge in [0.2, 0.25) is 10.0 Å². The van der Waals surface area contributed by atoms with Crippen LogP contribution in [0.15, 0.2) is 35.4 Å². The largest absolute Gasteiger partial charge is 0.497 e. The molecule has 136 valence electrons. The lowest BCUT2D eigenvalue weighted by Gasteiger charge is -2.33. The highest BCUT2D eigenvalue weighted by atomic mass is 32.2. The van der Waals surface area contributed by atoms with E-state index in [1.54, 1.807) is 35.7 Å². The van der Waals surface area contributed by atoms with Crippen molar-refractivity contribution in [2.24, 2.45) is 7.05 Å². The molecule has 1 aromatic carbocycles. The summed E-state index contributed by atoms with van der Waals surface area (Å²) in [6, 6.07) is 6.54. The van der Waals surface area contributed by atoms with Crippen LogP contribution in [0.3, 0.4) is 0 Å². The summed E-state index contributed by atoms with van der Waals surface area (Å²) in [5, 5.41) is 4.26. The summed E-state index contributed by atoms with van der Waals surface area (Å²) in [4.78, 5) is 2.58. The van der Waals surface area contributed by atoms with Crippen LogP contribution in [0, 0.1) is 6.92 Å². The quantitative estimate of drug-likeness (QED) is 0.799. The first-order valence-electron chi connectivity index (χ1n) is 8.26. The van der Waals surface area contributed by atoms with Gasteiger partial charge in [-0.25, -0.2) is 8.42 Å². The second kappa shape index (κ2) is 7.15. The first-order chi connectivity index (χ1) is 11.9. The molecule has 0 aliphatic carbocycles. The molecule has 3 rings (SSSR count). The predicted molar refractivity (Wildman–Crippen MR) is 95.0 cm³/mol. The van der Waals surface area contributed by atoms with Crippen molar-refractivity contribution in [2.45, 2.75) is 18.4 Å². The van der Waals surface area contributed by atoms with Crippen LogP contribution in [0.25, 0.3) is 0 Å². The third-order valence-corrected chi connectivity index (χ3v) is 6.67. The number of nitrogens with zero attached hydrogens (tertiary/aromatic N) is 4. The van der Waals surface area contributed by atoms with Gasteiger partial charge in [0, 0.05) is 51.0 Å². The summed E-state index contributed by atoms with van der Waals surface area (Å²) in [5.41, 5.74) is 2.34. The van der Waals surface area contributed by atoms with Gasteiger partial charge in [0.05, 0.1) is 18.2 Å². The zero-order valence-electron chi connectivity index (χ0n) is 14.8. The van der Waals surface area contributed by atoms with Crippen LogP contribution in [0.5, 0.6) is 5.75 Å². The normalized spacial score (nSPS) is 16.9. The maximum Gasteiger partial charge on any atom is 0.243 e. The molecule has 1 aliphatic heterocycles. The van der Waals surface area contributed by atoms with E-state index >= 15 is 0 Å². The molecule has 0 spiro atoms. The summed E-state index contributed by atoms with van der Waals surface area (Å²) < 4.78 is 34.0. The lowest BCUT2D eigenvalue weighted by Crippen LogP contribution is -2.48. The number of hydrogen-bond donors (Lipinski definition) is 0. The molecule has 1 saturated heterocycles. The Bertz CT molecular complexity index is 822. The topological polar surface area (TPSA) is 67.7 Å². The van der Waals surface area contributed by atoms with Crippen molar-refractivity contribution in [1.29, 1.82) is 0 Å². The minimum atomic E-state index is -3.45. The first kappa shape index (κ1) is 17.9. The van der Waals surface area contributed by atoms with E-state index in [4.69, 9.17) is 4.74 Å². The number of sulfonamides is 1. The molecule has 8 heteroatoms. The van der Waals surface area contributed by atoms with Crippen LogP contribution < -0.4 is 4.74 Å². The van der Waals surface area contributed by atoms with Crippen molar-refractivity contribution in [3.8, 4) is 5.75 Å². The molecule has 0 saturated carbocycles. The van der Waals surface area contributed by atoms with Gasteiger partial charge in [0.25, 0.3) is 0 Å². The second-order valence-electron chi connectivity index (χ2n) is 6.23. The molecular weight excluding hydrogens is 340 g/mol. The van der Waals surface area contributed by atoms with Gasteiger partial charge in [0.15, 0.2) is 0 Å². The number of aromatic nitrogens is 2. The van der Waals surface area contributed by atoms with Crippen molar-refractivity contribution in [2.75, 3.05) is 33.3 Å². The molecule has 2 aromatic rings. The van der Waals surface area contributed by atoms with E-state index in [-0.39, 0.29) is 0 Å². The number of rotatable bonds is 5.